The summed E-state index contributed by atoms with van der Waals surface area (Å²) >= 11 is 0. The molecule has 4 heteroatoms. The number of nitrogens with zero attached hydrogens (tertiary/aromatic N) is 1. The molecule has 1 saturated carbocycles. The normalized spacial score (nSPS) is 30.8. The average Bonchev–Trinajstić information content (AvgIpc) is 2.95. The van der Waals surface area contributed by atoms with Crippen molar-refractivity contribution in [1.82, 2.24) is 4.90 Å². The zero-order chi connectivity index (χ0) is 13.4. The van der Waals surface area contributed by atoms with E-state index in [4.69, 9.17) is 5.73 Å². The Bertz CT molecular complexity index is 465. The van der Waals surface area contributed by atoms with Gasteiger partial charge in [0.1, 0.15) is 5.82 Å². The summed E-state index contributed by atoms with van der Waals surface area (Å²) in [6.07, 6.45) is 1.88. The van der Waals surface area contributed by atoms with Gasteiger partial charge in [-0.3, -0.25) is 4.90 Å². The van der Waals surface area contributed by atoms with Crippen molar-refractivity contribution >= 4 is 0 Å². The van der Waals surface area contributed by atoms with E-state index in [2.05, 4.69) is 4.90 Å². The molecule has 1 aliphatic carbocycles. The van der Waals surface area contributed by atoms with E-state index in [1.165, 1.54) is 6.07 Å². The molecule has 104 valence electrons. The number of fused-ring (bicyclic) bond motifs is 1. The lowest BCUT2D eigenvalue weighted by molar-refractivity contribution is 0.123. The van der Waals surface area contributed by atoms with Gasteiger partial charge in [0.2, 0.25) is 0 Å². The number of benzene rings is 1. The van der Waals surface area contributed by atoms with Crippen LogP contribution in [-0.2, 0) is 13.1 Å². The van der Waals surface area contributed by atoms with Crippen molar-refractivity contribution in [2.45, 2.75) is 32.0 Å². The maximum atomic E-state index is 13.8. The molecule has 0 spiro atoms. The minimum absolute atomic E-state index is 0.157. The number of hydrogen-bond acceptors (Lipinski definition) is 3. The molecule has 1 aromatic carbocycles. The number of halogens is 1. The molecule has 19 heavy (non-hydrogen) atoms. The molecule has 3 N–H and O–H groups in total. The molecule has 3 rings (SSSR count). The molecule has 3 unspecified atom stereocenters. The zero-order valence-corrected chi connectivity index (χ0v) is 11.1. The van der Waals surface area contributed by atoms with Crippen LogP contribution in [-0.4, -0.2) is 29.2 Å². The maximum absolute atomic E-state index is 13.8. The van der Waals surface area contributed by atoms with Crippen molar-refractivity contribution in [3.8, 4) is 0 Å². The molecule has 2 aliphatic rings. The Morgan fingerprint density at radius 2 is 2.16 bits per heavy atom. The third-order valence-corrected chi connectivity index (χ3v) is 4.63. The van der Waals surface area contributed by atoms with Crippen molar-refractivity contribution in [1.29, 1.82) is 0 Å². The van der Waals surface area contributed by atoms with Crippen LogP contribution in [0.2, 0.25) is 0 Å². The van der Waals surface area contributed by atoms with Gasteiger partial charge in [-0.25, -0.2) is 4.39 Å². The number of aliphatic hydroxyl groups is 1. The second-order valence-electron chi connectivity index (χ2n) is 5.89. The molecular formula is C15H21FN2O. The first-order chi connectivity index (χ1) is 9.17. The molecule has 0 aromatic heterocycles. The third-order valence-electron chi connectivity index (χ3n) is 4.63. The second-order valence-corrected chi connectivity index (χ2v) is 5.89. The molecule has 2 fully saturated rings. The Hall–Kier alpha value is -0.970. The van der Waals surface area contributed by atoms with Crippen molar-refractivity contribution in [2.75, 3.05) is 13.1 Å². The zero-order valence-electron chi connectivity index (χ0n) is 11.1. The Morgan fingerprint density at radius 3 is 2.89 bits per heavy atom. The summed E-state index contributed by atoms with van der Waals surface area (Å²) in [4.78, 5) is 2.26. The molecule has 0 bridgehead atoms. The van der Waals surface area contributed by atoms with E-state index in [-0.39, 0.29) is 11.9 Å². The van der Waals surface area contributed by atoms with Crippen LogP contribution in [0.3, 0.4) is 0 Å². The molecule has 3 nitrogen and oxygen atoms in total. The van der Waals surface area contributed by atoms with Gasteiger partial charge in [-0.15, -0.1) is 0 Å². The molecule has 3 atom stereocenters. The number of likely N-dealkylation sites (tertiary alicyclic amines) is 1. The van der Waals surface area contributed by atoms with E-state index in [0.717, 1.165) is 37.1 Å². The first-order valence-electron chi connectivity index (χ1n) is 7.05. The average molecular weight is 264 g/mol. The minimum atomic E-state index is -0.158. The van der Waals surface area contributed by atoms with Gasteiger partial charge >= 0.3 is 0 Å². The predicted molar refractivity (Wildman–Crippen MR) is 71.8 cm³/mol. The van der Waals surface area contributed by atoms with Crippen LogP contribution in [0, 0.1) is 17.7 Å². The van der Waals surface area contributed by atoms with Crippen LogP contribution in [0.1, 0.15) is 24.0 Å². The fraction of sp³-hybridized carbons (Fsp3) is 0.600. The van der Waals surface area contributed by atoms with Crippen molar-refractivity contribution < 1.29 is 9.50 Å². The molecule has 0 amide bonds. The Morgan fingerprint density at radius 1 is 1.32 bits per heavy atom. The van der Waals surface area contributed by atoms with Gasteiger partial charge in [-0.05, 0) is 30.4 Å². The highest BCUT2D eigenvalue weighted by Crippen LogP contribution is 2.38. The topological polar surface area (TPSA) is 49.5 Å². The summed E-state index contributed by atoms with van der Waals surface area (Å²) in [7, 11) is 0. The first-order valence-corrected chi connectivity index (χ1v) is 7.05. The molecule has 1 aromatic rings. The van der Waals surface area contributed by atoms with Crippen molar-refractivity contribution in [3.05, 3.63) is 35.1 Å². The predicted octanol–water partition coefficient (Wildman–Crippen LogP) is 1.49. The SMILES string of the molecule is NCc1ccc(F)c(CN2CC3CCC(O)C3C2)c1. The van der Waals surface area contributed by atoms with E-state index in [9.17, 15) is 9.50 Å². The van der Waals surface area contributed by atoms with Crippen LogP contribution >= 0.6 is 0 Å². The molecule has 1 aliphatic heterocycles. The van der Waals surface area contributed by atoms with Gasteiger partial charge in [-0.1, -0.05) is 12.1 Å². The van der Waals surface area contributed by atoms with E-state index in [1.807, 2.05) is 6.07 Å². The molecule has 1 saturated heterocycles. The standard InChI is InChI=1S/C15H21FN2O/c16-14-3-1-10(6-17)5-12(14)8-18-7-11-2-4-15(19)13(11)9-18/h1,3,5,11,13,15,19H,2,4,6-9,17H2. The van der Waals surface area contributed by atoms with Gasteiger partial charge in [0.25, 0.3) is 0 Å². The number of rotatable bonds is 3. The summed E-state index contributed by atoms with van der Waals surface area (Å²) in [5, 5.41) is 9.90. The van der Waals surface area contributed by atoms with E-state index >= 15 is 0 Å². The smallest absolute Gasteiger partial charge is 0.127 e. The molecule has 1 heterocycles. The highest BCUT2D eigenvalue weighted by molar-refractivity contribution is 5.25. The van der Waals surface area contributed by atoms with Crippen LogP contribution in [0.5, 0.6) is 0 Å². The number of nitrogens with two attached hydrogens (primary N) is 1. The van der Waals surface area contributed by atoms with Gasteiger partial charge in [-0.2, -0.15) is 0 Å². The van der Waals surface area contributed by atoms with Gasteiger partial charge in [0, 0.05) is 37.7 Å². The summed E-state index contributed by atoms with van der Waals surface area (Å²) in [5.41, 5.74) is 7.29. The van der Waals surface area contributed by atoms with Crippen LogP contribution < -0.4 is 5.73 Å². The van der Waals surface area contributed by atoms with E-state index in [1.54, 1.807) is 6.07 Å². The van der Waals surface area contributed by atoms with E-state index in [0.29, 0.717) is 24.9 Å². The lowest BCUT2D eigenvalue weighted by Crippen LogP contribution is -2.25. The monoisotopic (exact) mass is 264 g/mol. The summed E-state index contributed by atoms with van der Waals surface area (Å²) in [5.74, 6) is 0.825. The van der Waals surface area contributed by atoms with E-state index < -0.39 is 0 Å². The van der Waals surface area contributed by atoms with Crippen LogP contribution in [0.25, 0.3) is 0 Å². The number of aliphatic hydroxyl groups excluding tert-OH is 1. The summed E-state index contributed by atoms with van der Waals surface area (Å²) < 4.78 is 13.8. The fourth-order valence-corrected chi connectivity index (χ4v) is 3.58. The second kappa shape index (κ2) is 5.19. The van der Waals surface area contributed by atoms with Gasteiger partial charge in [0.05, 0.1) is 6.10 Å². The summed E-state index contributed by atoms with van der Waals surface area (Å²) in [6.45, 7) is 2.93. The quantitative estimate of drug-likeness (QED) is 0.869. The Kier molecular flexibility index (Phi) is 3.56. The first kappa shape index (κ1) is 13.0. The number of hydrogen-bond donors (Lipinski definition) is 2. The fourth-order valence-electron chi connectivity index (χ4n) is 3.58. The third kappa shape index (κ3) is 2.53. The molecule has 0 radical (unpaired) electrons. The van der Waals surface area contributed by atoms with Gasteiger partial charge in [0.15, 0.2) is 0 Å². The largest absolute Gasteiger partial charge is 0.393 e. The molecular weight excluding hydrogens is 243 g/mol. The Balaban J connectivity index is 1.69. The summed E-state index contributed by atoms with van der Waals surface area (Å²) in [6, 6.07) is 5.10. The highest BCUT2D eigenvalue weighted by Gasteiger charge is 2.41. The van der Waals surface area contributed by atoms with Crippen molar-refractivity contribution in [2.24, 2.45) is 17.6 Å². The lowest BCUT2D eigenvalue weighted by Gasteiger charge is -2.18. The van der Waals surface area contributed by atoms with Gasteiger partial charge < -0.3 is 10.8 Å². The minimum Gasteiger partial charge on any atom is -0.393 e. The highest BCUT2D eigenvalue weighted by atomic mass is 19.1. The van der Waals surface area contributed by atoms with Crippen LogP contribution in [0.15, 0.2) is 18.2 Å². The maximum Gasteiger partial charge on any atom is 0.127 e. The van der Waals surface area contributed by atoms with Crippen LogP contribution in [0.4, 0.5) is 4.39 Å². The Labute approximate surface area is 113 Å². The van der Waals surface area contributed by atoms with Crippen molar-refractivity contribution in [3.63, 3.8) is 0 Å². The lowest BCUT2D eigenvalue weighted by atomic mass is 10.00.